The molecule has 1 atom stereocenters. The third kappa shape index (κ3) is 4.46. The third-order valence-electron chi connectivity index (χ3n) is 4.06. The van der Waals surface area contributed by atoms with Gasteiger partial charge in [-0.25, -0.2) is 4.79 Å². The van der Waals surface area contributed by atoms with Gasteiger partial charge in [0.25, 0.3) is 5.91 Å². The van der Waals surface area contributed by atoms with Crippen LogP contribution in [0.25, 0.3) is 6.08 Å². The number of amides is 1. The molecule has 2 aromatic rings. The van der Waals surface area contributed by atoms with Gasteiger partial charge in [-0.15, -0.1) is 0 Å². The summed E-state index contributed by atoms with van der Waals surface area (Å²) in [5.74, 6) is -0.833. The maximum Gasteiger partial charge on any atom is 0.333 e. The number of thiocarbonyl (C=S) groups is 1. The summed E-state index contributed by atoms with van der Waals surface area (Å²) in [7, 11) is 0. The number of carbonyl (C=O) groups is 2. The van der Waals surface area contributed by atoms with Gasteiger partial charge in [-0.3, -0.25) is 9.69 Å². The highest BCUT2D eigenvalue weighted by Crippen LogP contribution is 2.39. The first-order valence-corrected chi connectivity index (χ1v) is 10.4. The minimum atomic E-state index is -0.919. The Morgan fingerprint density at radius 1 is 1.21 bits per heavy atom. The van der Waals surface area contributed by atoms with Crippen LogP contribution < -0.4 is 0 Å². The van der Waals surface area contributed by atoms with Crippen molar-refractivity contribution in [2.24, 2.45) is 0 Å². The zero-order valence-electron chi connectivity index (χ0n) is 15.1. The van der Waals surface area contributed by atoms with Crippen LogP contribution >= 0.6 is 35.6 Å². The molecule has 0 aromatic heterocycles. The molecule has 1 saturated heterocycles. The number of hydrogen-bond acceptors (Lipinski definition) is 5. The lowest BCUT2D eigenvalue weighted by Crippen LogP contribution is -2.38. The van der Waals surface area contributed by atoms with Gasteiger partial charge in [0.05, 0.1) is 11.5 Å². The van der Waals surface area contributed by atoms with E-state index in [1.165, 1.54) is 4.90 Å². The van der Waals surface area contributed by atoms with E-state index in [0.717, 1.165) is 17.3 Å². The zero-order valence-corrected chi connectivity index (χ0v) is 17.5. The summed E-state index contributed by atoms with van der Waals surface area (Å²) in [6.07, 6.45) is 2.39. The van der Waals surface area contributed by atoms with Gasteiger partial charge in [0.15, 0.2) is 6.04 Å². The summed E-state index contributed by atoms with van der Waals surface area (Å²) in [6, 6.07) is 15.4. The summed E-state index contributed by atoms with van der Waals surface area (Å²) in [5.41, 5.74) is 1.37. The van der Waals surface area contributed by atoms with Crippen LogP contribution in [0.4, 0.5) is 0 Å². The van der Waals surface area contributed by atoms with Crippen molar-refractivity contribution in [1.82, 2.24) is 4.90 Å². The second-order valence-corrected chi connectivity index (χ2v) is 8.14. The number of benzene rings is 2. The molecular weight excluding hydrogens is 414 g/mol. The van der Waals surface area contributed by atoms with Gasteiger partial charge in [-0.1, -0.05) is 91.0 Å². The van der Waals surface area contributed by atoms with Gasteiger partial charge in [-0.2, -0.15) is 0 Å². The fourth-order valence-electron chi connectivity index (χ4n) is 2.74. The SMILES string of the molecule is CCCOC(=O)C(c1ccccc1)N1C(=O)/C(=C/c2ccccc2Cl)SC1=S. The molecule has 144 valence electrons. The topological polar surface area (TPSA) is 46.6 Å². The highest BCUT2D eigenvalue weighted by atomic mass is 35.5. The summed E-state index contributed by atoms with van der Waals surface area (Å²) in [6.45, 7) is 2.20. The van der Waals surface area contributed by atoms with Gasteiger partial charge in [0.1, 0.15) is 4.32 Å². The van der Waals surface area contributed by atoms with Gasteiger partial charge in [0.2, 0.25) is 0 Å². The third-order valence-corrected chi connectivity index (χ3v) is 5.74. The smallest absolute Gasteiger partial charge is 0.333 e. The Morgan fingerprint density at radius 3 is 2.57 bits per heavy atom. The number of hydrogen-bond donors (Lipinski definition) is 0. The van der Waals surface area contributed by atoms with Gasteiger partial charge in [-0.05, 0) is 29.7 Å². The molecule has 0 bridgehead atoms. The fraction of sp³-hybridized carbons (Fsp3) is 0.190. The molecule has 3 rings (SSSR count). The second kappa shape index (κ2) is 9.37. The van der Waals surface area contributed by atoms with E-state index in [1.807, 2.05) is 43.3 Å². The van der Waals surface area contributed by atoms with Crippen molar-refractivity contribution in [2.75, 3.05) is 6.61 Å². The Balaban J connectivity index is 1.96. The van der Waals surface area contributed by atoms with Crippen molar-refractivity contribution in [1.29, 1.82) is 0 Å². The highest BCUT2D eigenvalue weighted by molar-refractivity contribution is 8.26. The first kappa shape index (κ1) is 20.6. The summed E-state index contributed by atoms with van der Waals surface area (Å²) < 4.78 is 5.66. The lowest BCUT2D eigenvalue weighted by molar-refractivity contribution is -0.151. The van der Waals surface area contributed by atoms with Crippen LogP contribution in [0.2, 0.25) is 5.02 Å². The monoisotopic (exact) mass is 431 g/mol. The number of thioether (sulfide) groups is 1. The van der Waals surface area contributed by atoms with Crippen molar-refractivity contribution < 1.29 is 14.3 Å². The molecule has 0 spiro atoms. The van der Waals surface area contributed by atoms with E-state index in [1.54, 1.807) is 24.3 Å². The first-order valence-electron chi connectivity index (χ1n) is 8.76. The molecule has 1 aliphatic heterocycles. The van der Waals surface area contributed by atoms with Crippen molar-refractivity contribution in [3.63, 3.8) is 0 Å². The quantitative estimate of drug-likeness (QED) is 0.355. The minimum Gasteiger partial charge on any atom is -0.464 e. The number of esters is 1. The summed E-state index contributed by atoms with van der Waals surface area (Å²) >= 11 is 12.8. The molecule has 0 aliphatic carbocycles. The van der Waals surface area contributed by atoms with E-state index < -0.39 is 12.0 Å². The van der Waals surface area contributed by atoms with E-state index in [-0.39, 0.29) is 12.5 Å². The van der Waals surface area contributed by atoms with Crippen molar-refractivity contribution >= 4 is 57.9 Å². The van der Waals surface area contributed by atoms with Crippen LogP contribution in [0.15, 0.2) is 59.5 Å². The molecule has 1 amide bonds. The summed E-state index contributed by atoms with van der Waals surface area (Å²) in [5, 5.41) is 0.537. The van der Waals surface area contributed by atoms with Crippen LogP contribution in [0.1, 0.15) is 30.5 Å². The normalized spacial score (nSPS) is 16.5. The van der Waals surface area contributed by atoms with E-state index in [0.29, 0.717) is 26.2 Å². The van der Waals surface area contributed by atoms with E-state index in [4.69, 9.17) is 28.6 Å². The number of halogens is 1. The Morgan fingerprint density at radius 2 is 1.89 bits per heavy atom. The predicted octanol–water partition coefficient (Wildman–Crippen LogP) is 5.24. The van der Waals surface area contributed by atoms with Crippen LogP contribution in [-0.4, -0.2) is 27.7 Å². The Kier molecular flexibility index (Phi) is 6.88. The second-order valence-electron chi connectivity index (χ2n) is 6.05. The van der Waals surface area contributed by atoms with Crippen LogP contribution in [0.5, 0.6) is 0 Å². The molecule has 2 aromatic carbocycles. The van der Waals surface area contributed by atoms with E-state index in [2.05, 4.69) is 0 Å². The molecule has 28 heavy (non-hydrogen) atoms. The first-order chi connectivity index (χ1) is 13.5. The molecule has 1 aliphatic rings. The maximum absolute atomic E-state index is 13.1. The molecular formula is C21H18ClNO3S2. The molecule has 4 nitrogen and oxygen atoms in total. The lowest BCUT2D eigenvalue weighted by Gasteiger charge is -2.25. The predicted molar refractivity (Wildman–Crippen MR) is 117 cm³/mol. The van der Waals surface area contributed by atoms with Crippen molar-refractivity contribution in [3.05, 3.63) is 75.7 Å². The van der Waals surface area contributed by atoms with Crippen LogP contribution in [-0.2, 0) is 14.3 Å². The molecule has 0 N–H and O–H groups in total. The fourth-order valence-corrected chi connectivity index (χ4v) is 4.24. The molecule has 0 radical (unpaired) electrons. The standard InChI is InChI=1S/C21H18ClNO3S2/c1-2-12-26-20(25)18(14-8-4-3-5-9-14)23-19(24)17(28-21(23)27)13-15-10-6-7-11-16(15)22/h3-11,13,18H,2,12H2,1H3/b17-13-. The molecule has 1 heterocycles. The number of nitrogens with zero attached hydrogens (tertiary/aromatic N) is 1. The highest BCUT2D eigenvalue weighted by Gasteiger charge is 2.42. The largest absolute Gasteiger partial charge is 0.464 e. The Hall–Kier alpha value is -2.15. The lowest BCUT2D eigenvalue weighted by atomic mass is 10.1. The number of ether oxygens (including phenoxy) is 1. The maximum atomic E-state index is 13.1. The minimum absolute atomic E-state index is 0.284. The molecule has 1 fully saturated rings. The number of rotatable bonds is 6. The average molecular weight is 432 g/mol. The summed E-state index contributed by atoms with van der Waals surface area (Å²) in [4.78, 5) is 27.6. The average Bonchev–Trinajstić information content (AvgIpc) is 2.97. The zero-order chi connectivity index (χ0) is 20.1. The van der Waals surface area contributed by atoms with Crippen molar-refractivity contribution in [3.8, 4) is 0 Å². The van der Waals surface area contributed by atoms with Gasteiger partial charge in [0, 0.05) is 5.02 Å². The van der Waals surface area contributed by atoms with E-state index >= 15 is 0 Å². The molecule has 7 heteroatoms. The van der Waals surface area contributed by atoms with Crippen LogP contribution in [0.3, 0.4) is 0 Å². The van der Waals surface area contributed by atoms with Crippen molar-refractivity contribution in [2.45, 2.75) is 19.4 Å². The Bertz CT molecular complexity index is 930. The van der Waals surface area contributed by atoms with Gasteiger partial charge >= 0.3 is 5.97 Å². The molecule has 1 unspecified atom stereocenters. The number of carbonyl (C=O) groups excluding carboxylic acids is 2. The Labute approximate surface area is 178 Å². The van der Waals surface area contributed by atoms with Gasteiger partial charge < -0.3 is 4.74 Å². The van der Waals surface area contributed by atoms with Crippen LogP contribution in [0, 0.1) is 0 Å². The van der Waals surface area contributed by atoms with E-state index in [9.17, 15) is 9.59 Å². The molecule has 0 saturated carbocycles.